The molecule has 2 rings (SSSR count). The van der Waals surface area contributed by atoms with Gasteiger partial charge in [-0.25, -0.2) is 0 Å². The van der Waals surface area contributed by atoms with E-state index in [4.69, 9.17) is 4.74 Å². The Morgan fingerprint density at radius 1 is 1.12 bits per heavy atom. The molecule has 25 heavy (non-hydrogen) atoms. The van der Waals surface area contributed by atoms with Crippen LogP contribution in [0, 0.1) is 13.8 Å². The highest BCUT2D eigenvalue weighted by Crippen LogP contribution is 2.08. The minimum atomic E-state index is 0.686. The van der Waals surface area contributed by atoms with Gasteiger partial charge in [-0.1, -0.05) is 18.2 Å². The number of guanidine groups is 1. The van der Waals surface area contributed by atoms with Gasteiger partial charge in [-0.3, -0.25) is 9.67 Å². The fraction of sp³-hybridized carbons (Fsp3) is 0.474. The molecule has 0 unspecified atom stereocenters. The van der Waals surface area contributed by atoms with Gasteiger partial charge in [-0.15, -0.1) is 0 Å². The summed E-state index contributed by atoms with van der Waals surface area (Å²) in [6.45, 7) is 7.39. The fourth-order valence-corrected chi connectivity index (χ4v) is 2.54. The molecule has 1 heterocycles. The van der Waals surface area contributed by atoms with Gasteiger partial charge in [0.1, 0.15) is 5.75 Å². The van der Waals surface area contributed by atoms with Crippen molar-refractivity contribution in [3.63, 3.8) is 0 Å². The first-order valence-corrected chi connectivity index (χ1v) is 8.82. The lowest BCUT2D eigenvalue weighted by Gasteiger charge is -2.12. The molecule has 6 nitrogen and oxygen atoms in total. The highest BCUT2D eigenvalue weighted by Gasteiger charge is 2.01. The van der Waals surface area contributed by atoms with Gasteiger partial charge in [0.15, 0.2) is 5.96 Å². The zero-order valence-electron chi connectivity index (χ0n) is 15.5. The molecule has 0 aliphatic heterocycles. The van der Waals surface area contributed by atoms with Gasteiger partial charge < -0.3 is 15.4 Å². The van der Waals surface area contributed by atoms with Crippen molar-refractivity contribution in [2.24, 2.45) is 4.99 Å². The first-order valence-electron chi connectivity index (χ1n) is 8.82. The Kier molecular flexibility index (Phi) is 7.82. The summed E-state index contributed by atoms with van der Waals surface area (Å²) in [5.41, 5.74) is 2.28. The Morgan fingerprint density at radius 3 is 2.48 bits per heavy atom. The molecular weight excluding hydrogens is 314 g/mol. The van der Waals surface area contributed by atoms with E-state index >= 15 is 0 Å². The zero-order chi connectivity index (χ0) is 17.9. The molecule has 136 valence electrons. The third kappa shape index (κ3) is 6.87. The monoisotopic (exact) mass is 343 g/mol. The maximum atomic E-state index is 5.67. The van der Waals surface area contributed by atoms with Gasteiger partial charge in [-0.05, 0) is 44.9 Å². The summed E-state index contributed by atoms with van der Waals surface area (Å²) in [6.07, 6.45) is 1.92. The van der Waals surface area contributed by atoms with Crippen LogP contribution in [0.2, 0.25) is 0 Å². The second-order valence-corrected chi connectivity index (χ2v) is 5.94. The molecule has 0 aliphatic carbocycles. The predicted octanol–water partition coefficient (Wildman–Crippen LogP) is 2.52. The second-order valence-electron chi connectivity index (χ2n) is 5.94. The van der Waals surface area contributed by atoms with E-state index in [0.717, 1.165) is 49.9 Å². The van der Waals surface area contributed by atoms with Crippen LogP contribution in [0.3, 0.4) is 0 Å². The van der Waals surface area contributed by atoms with Gasteiger partial charge in [0.2, 0.25) is 0 Å². The van der Waals surface area contributed by atoms with Crippen molar-refractivity contribution < 1.29 is 4.74 Å². The van der Waals surface area contributed by atoms with E-state index in [1.54, 1.807) is 7.05 Å². The average molecular weight is 343 g/mol. The highest BCUT2D eigenvalue weighted by atomic mass is 16.5. The number of hydrogen-bond donors (Lipinski definition) is 2. The van der Waals surface area contributed by atoms with Crippen molar-refractivity contribution in [3.05, 3.63) is 47.8 Å². The van der Waals surface area contributed by atoms with Crippen LogP contribution in [0.25, 0.3) is 0 Å². The molecule has 0 spiro atoms. The maximum Gasteiger partial charge on any atom is 0.190 e. The number of aliphatic imine (C=N–C) groups is 1. The SMILES string of the molecule is CN=C(NCCCOc1ccccc1)NCCCn1nc(C)cc1C. The normalized spacial score (nSPS) is 11.4. The van der Waals surface area contributed by atoms with Crippen LogP contribution in [0.5, 0.6) is 5.75 Å². The standard InChI is InChI=1S/C19H29N5O/c1-16-15-17(2)24(23-16)13-7-11-21-19(20-3)22-12-8-14-25-18-9-5-4-6-10-18/h4-6,9-10,15H,7-8,11-14H2,1-3H3,(H2,20,21,22). The van der Waals surface area contributed by atoms with Crippen LogP contribution < -0.4 is 15.4 Å². The number of para-hydroxylation sites is 1. The summed E-state index contributed by atoms with van der Waals surface area (Å²) in [4.78, 5) is 4.24. The van der Waals surface area contributed by atoms with Crippen LogP contribution in [-0.2, 0) is 6.54 Å². The summed E-state index contributed by atoms with van der Waals surface area (Å²) in [5.74, 6) is 1.74. The largest absolute Gasteiger partial charge is 0.494 e. The first-order chi connectivity index (χ1) is 12.2. The van der Waals surface area contributed by atoms with Gasteiger partial charge in [-0.2, -0.15) is 5.10 Å². The quantitative estimate of drug-likeness (QED) is 0.417. The number of aromatic nitrogens is 2. The van der Waals surface area contributed by atoms with E-state index in [0.29, 0.717) is 6.61 Å². The molecule has 0 saturated heterocycles. The van der Waals surface area contributed by atoms with Crippen molar-refractivity contribution in [2.45, 2.75) is 33.2 Å². The van der Waals surface area contributed by atoms with Crippen molar-refractivity contribution in [2.75, 3.05) is 26.7 Å². The topological polar surface area (TPSA) is 63.5 Å². The Morgan fingerprint density at radius 2 is 1.84 bits per heavy atom. The van der Waals surface area contributed by atoms with Crippen molar-refractivity contribution in [1.82, 2.24) is 20.4 Å². The van der Waals surface area contributed by atoms with Crippen LogP contribution in [0.15, 0.2) is 41.4 Å². The lowest BCUT2D eigenvalue weighted by molar-refractivity contribution is 0.311. The molecule has 0 amide bonds. The summed E-state index contributed by atoms with van der Waals surface area (Å²) in [7, 11) is 1.79. The van der Waals surface area contributed by atoms with Crippen LogP contribution >= 0.6 is 0 Å². The van der Waals surface area contributed by atoms with Crippen molar-refractivity contribution in [1.29, 1.82) is 0 Å². The molecule has 2 N–H and O–H groups in total. The third-order valence-electron chi connectivity index (χ3n) is 3.79. The molecule has 2 aromatic rings. The summed E-state index contributed by atoms with van der Waals surface area (Å²) < 4.78 is 7.72. The smallest absolute Gasteiger partial charge is 0.190 e. The summed E-state index contributed by atoms with van der Waals surface area (Å²) >= 11 is 0. The van der Waals surface area contributed by atoms with E-state index in [1.807, 2.05) is 41.9 Å². The van der Waals surface area contributed by atoms with Gasteiger partial charge in [0, 0.05) is 32.4 Å². The lowest BCUT2D eigenvalue weighted by Crippen LogP contribution is -2.38. The van der Waals surface area contributed by atoms with E-state index in [2.05, 4.69) is 33.7 Å². The lowest BCUT2D eigenvalue weighted by atomic mass is 10.3. The number of benzene rings is 1. The van der Waals surface area contributed by atoms with Gasteiger partial charge in [0.05, 0.1) is 12.3 Å². The summed E-state index contributed by atoms with van der Waals surface area (Å²) in [5, 5.41) is 11.1. The molecular formula is C19H29N5O. The molecule has 0 fully saturated rings. The van der Waals surface area contributed by atoms with Crippen molar-refractivity contribution >= 4 is 5.96 Å². The molecule has 6 heteroatoms. The number of hydrogen-bond acceptors (Lipinski definition) is 3. The minimum absolute atomic E-state index is 0.686. The Bertz CT molecular complexity index is 651. The van der Waals surface area contributed by atoms with E-state index in [9.17, 15) is 0 Å². The minimum Gasteiger partial charge on any atom is -0.494 e. The molecule has 0 bridgehead atoms. The Hall–Kier alpha value is -2.50. The number of nitrogens with one attached hydrogen (secondary N) is 2. The number of nitrogens with zero attached hydrogens (tertiary/aromatic N) is 3. The Balaban J connectivity index is 1.55. The molecule has 0 radical (unpaired) electrons. The first kappa shape index (κ1) is 18.8. The Labute approximate surface area is 150 Å². The number of ether oxygens (including phenoxy) is 1. The van der Waals surface area contributed by atoms with Crippen LogP contribution in [-0.4, -0.2) is 42.5 Å². The highest BCUT2D eigenvalue weighted by molar-refractivity contribution is 5.79. The number of rotatable bonds is 9. The average Bonchev–Trinajstić information content (AvgIpc) is 2.94. The number of aryl methyl sites for hydroxylation is 3. The molecule has 0 saturated carbocycles. The predicted molar refractivity (Wildman–Crippen MR) is 102 cm³/mol. The summed E-state index contributed by atoms with van der Waals surface area (Å²) in [6, 6.07) is 12.0. The second kappa shape index (κ2) is 10.4. The van der Waals surface area contributed by atoms with E-state index < -0.39 is 0 Å². The van der Waals surface area contributed by atoms with E-state index in [-0.39, 0.29) is 0 Å². The molecule has 1 aromatic carbocycles. The fourth-order valence-electron chi connectivity index (χ4n) is 2.54. The van der Waals surface area contributed by atoms with Crippen LogP contribution in [0.4, 0.5) is 0 Å². The molecule has 0 aliphatic rings. The zero-order valence-corrected chi connectivity index (χ0v) is 15.5. The van der Waals surface area contributed by atoms with Crippen LogP contribution in [0.1, 0.15) is 24.2 Å². The van der Waals surface area contributed by atoms with Crippen molar-refractivity contribution in [3.8, 4) is 5.75 Å². The maximum absolute atomic E-state index is 5.67. The molecule has 0 atom stereocenters. The van der Waals surface area contributed by atoms with E-state index in [1.165, 1.54) is 5.69 Å². The third-order valence-corrected chi connectivity index (χ3v) is 3.79. The van der Waals surface area contributed by atoms with Gasteiger partial charge in [0.25, 0.3) is 0 Å². The van der Waals surface area contributed by atoms with Gasteiger partial charge >= 0.3 is 0 Å². The molecule has 1 aromatic heterocycles.